The monoisotopic (exact) mass is 414 g/mol. The van der Waals surface area contributed by atoms with E-state index in [1.165, 1.54) is 36.1 Å². The molecule has 0 spiro atoms. The molecule has 0 aliphatic carbocycles. The van der Waals surface area contributed by atoms with Crippen molar-refractivity contribution in [1.82, 2.24) is 0 Å². The van der Waals surface area contributed by atoms with Gasteiger partial charge in [-0.05, 0) is 37.3 Å². The minimum atomic E-state index is -3.94. The highest BCUT2D eigenvalue weighted by Crippen LogP contribution is 2.37. The number of hydrogen-bond donors (Lipinski definition) is 1. The highest BCUT2D eigenvalue weighted by Gasteiger charge is 2.28. The van der Waals surface area contributed by atoms with E-state index in [1.54, 1.807) is 12.1 Å². The van der Waals surface area contributed by atoms with Gasteiger partial charge in [-0.2, -0.15) is 0 Å². The van der Waals surface area contributed by atoms with Crippen LogP contribution in [0.1, 0.15) is 13.8 Å². The van der Waals surface area contributed by atoms with Crippen LogP contribution in [0.2, 0.25) is 10.0 Å². The van der Waals surface area contributed by atoms with E-state index < -0.39 is 10.0 Å². The lowest BCUT2D eigenvalue weighted by molar-refractivity contribution is -0.117. The fourth-order valence-corrected chi connectivity index (χ4v) is 4.16. The molecule has 1 unspecified atom stereocenters. The summed E-state index contributed by atoms with van der Waals surface area (Å²) >= 11 is 12.0. The fraction of sp³-hybridized carbons (Fsp3) is 0.235. The van der Waals surface area contributed by atoms with Gasteiger partial charge in [0, 0.05) is 6.92 Å². The molecule has 0 radical (unpaired) electrons. The number of carbonyl (C=O) groups is 1. The minimum Gasteiger partial charge on any atom is -0.487 e. The van der Waals surface area contributed by atoms with Crippen molar-refractivity contribution in [2.75, 3.05) is 16.2 Å². The number of ether oxygens (including phenoxy) is 1. The van der Waals surface area contributed by atoms with Crippen molar-refractivity contribution in [3.8, 4) is 5.75 Å². The lowest BCUT2D eigenvalue weighted by atomic mass is 10.2. The molecule has 1 amide bonds. The Morgan fingerprint density at radius 2 is 2.00 bits per heavy atom. The molecule has 0 bridgehead atoms. The van der Waals surface area contributed by atoms with E-state index in [1.807, 2.05) is 6.92 Å². The lowest BCUT2D eigenvalue weighted by Crippen LogP contribution is -2.41. The Balaban J connectivity index is 2.00. The summed E-state index contributed by atoms with van der Waals surface area (Å²) in [6.45, 7) is 3.61. The van der Waals surface area contributed by atoms with E-state index in [0.717, 1.165) is 0 Å². The van der Waals surface area contributed by atoms with Gasteiger partial charge in [-0.15, -0.1) is 0 Å². The zero-order chi connectivity index (χ0) is 19.1. The van der Waals surface area contributed by atoms with Crippen molar-refractivity contribution >= 4 is 50.5 Å². The second kappa shape index (κ2) is 6.98. The molecule has 138 valence electrons. The molecule has 1 N–H and O–H groups in total. The first-order valence-electron chi connectivity index (χ1n) is 7.74. The summed E-state index contributed by atoms with van der Waals surface area (Å²) in [5.74, 6) is 0.264. The zero-order valence-corrected chi connectivity index (χ0v) is 16.3. The summed E-state index contributed by atoms with van der Waals surface area (Å²) in [4.78, 5) is 13.4. The molecule has 26 heavy (non-hydrogen) atoms. The molecule has 0 fully saturated rings. The van der Waals surface area contributed by atoms with Crippen molar-refractivity contribution in [3.05, 3.63) is 46.4 Å². The Morgan fingerprint density at radius 3 is 2.69 bits per heavy atom. The third kappa shape index (κ3) is 3.60. The van der Waals surface area contributed by atoms with Crippen LogP contribution < -0.4 is 14.4 Å². The SMILES string of the molecule is CC(=O)N1CC(C)Oc2ccc(S(=O)(=O)Nc3cccc(Cl)c3Cl)cc21. The van der Waals surface area contributed by atoms with Crippen LogP contribution in [0.15, 0.2) is 41.3 Å². The number of carbonyl (C=O) groups excluding carboxylic acids is 1. The highest BCUT2D eigenvalue weighted by atomic mass is 35.5. The van der Waals surface area contributed by atoms with Crippen molar-refractivity contribution < 1.29 is 17.9 Å². The molecular formula is C17H16Cl2N2O4S. The number of nitrogens with zero attached hydrogens (tertiary/aromatic N) is 1. The van der Waals surface area contributed by atoms with Crippen LogP contribution >= 0.6 is 23.2 Å². The third-order valence-corrected chi connectivity index (χ3v) is 6.06. The van der Waals surface area contributed by atoms with Crippen LogP contribution in [0, 0.1) is 0 Å². The van der Waals surface area contributed by atoms with Gasteiger partial charge >= 0.3 is 0 Å². The molecule has 2 aromatic carbocycles. The van der Waals surface area contributed by atoms with Crippen LogP contribution in [0.25, 0.3) is 0 Å². The summed E-state index contributed by atoms with van der Waals surface area (Å²) in [7, 11) is -3.94. The van der Waals surface area contributed by atoms with Gasteiger partial charge in [-0.25, -0.2) is 8.42 Å². The van der Waals surface area contributed by atoms with Crippen molar-refractivity contribution in [2.45, 2.75) is 24.8 Å². The smallest absolute Gasteiger partial charge is 0.262 e. The molecule has 0 saturated carbocycles. The zero-order valence-electron chi connectivity index (χ0n) is 14.0. The fourth-order valence-electron chi connectivity index (χ4n) is 2.67. The molecular weight excluding hydrogens is 399 g/mol. The second-order valence-electron chi connectivity index (χ2n) is 5.89. The first-order chi connectivity index (χ1) is 12.2. The average Bonchev–Trinajstić information content (AvgIpc) is 2.57. The summed E-state index contributed by atoms with van der Waals surface area (Å²) in [5, 5.41) is 0.348. The lowest BCUT2D eigenvalue weighted by Gasteiger charge is -2.33. The number of rotatable bonds is 3. The van der Waals surface area contributed by atoms with Crippen LogP contribution in [0.3, 0.4) is 0 Å². The summed E-state index contributed by atoms with van der Waals surface area (Å²) in [6.07, 6.45) is -0.183. The molecule has 1 heterocycles. The van der Waals surface area contributed by atoms with Crippen LogP contribution in [0.4, 0.5) is 11.4 Å². The molecule has 1 atom stereocenters. The van der Waals surface area contributed by atoms with Gasteiger partial charge in [0.05, 0.1) is 32.9 Å². The van der Waals surface area contributed by atoms with Crippen LogP contribution in [-0.4, -0.2) is 27.0 Å². The number of sulfonamides is 1. The van der Waals surface area contributed by atoms with E-state index in [0.29, 0.717) is 18.0 Å². The number of fused-ring (bicyclic) bond motifs is 1. The van der Waals surface area contributed by atoms with Gasteiger partial charge in [0.1, 0.15) is 11.9 Å². The number of hydrogen-bond acceptors (Lipinski definition) is 4. The number of halogens is 2. The highest BCUT2D eigenvalue weighted by molar-refractivity contribution is 7.92. The molecule has 0 aromatic heterocycles. The van der Waals surface area contributed by atoms with Gasteiger partial charge in [0.25, 0.3) is 10.0 Å². The van der Waals surface area contributed by atoms with Gasteiger partial charge in [-0.3, -0.25) is 9.52 Å². The normalized spacial score (nSPS) is 16.6. The molecule has 1 aliphatic heterocycles. The van der Waals surface area contributed by atoms with E-state index in [2.05, 4.69) is 4.72 Å². The molecule has 6 nitrogen and oxygen atoms in total. The van der Waals surface area contributed by atoms with Crippen LogP contribution in [-0.2, 0) is 14.8 Å². The maximum Gasteiger partial charge on any atom is 0.262 e. The van der Waals surface area contributed by atoms with Gasteiger partial charge in [0.2, 0.25) is 5.91 Å². The maximum absolute atomic E-state index is 12.7. The minimum absolute atomic E-state index is 0.0169. The summed E-state index contributed by atoms with van der Waals surface area (Å²) in [6, 6.07) is 9.01. The Labute approximate surface area is 161 Å². The maximum atomic E-state index is 12.7. The largest absolute Gasteiger partial charge is 0.487 e. The van der Waals surface area contributed by atoms with E-state index in [4.69, 9.17) is 27.9 Å². The summed E-state index contributed by atoms with van der Waals surface area (Å²) < 4.78 is 33.6. The Hall–Kier alpha value is -1.96. The number of benzene rings is 2. The Bertz CT molecular complexity index is 979. The predicted octanol–water partition coefficient (Wildman–Crippen LogP) is 3.93. The second-order valence-corrected chi connectivity index (χ2v) is 8.36. The Morgan fingerprint density at radius 1 is 1.27 bits per heavy atom. The first kappa shape index (κ1) is 18.8. The van der Waals surface area contributed by atoms with E-state index >= 15 is 0 Å². The van der Waals surface area contributed by atoms with Crippen LogP contribution in [0.5, 0.6) is 5.75 Å². The number of amides is 1. The molecule has 0 saturated heterocycles. The Kier molecular flexibility index (Phi) is 5.05. The predicted molar refractivity (Wildman–Crippen MR) is 102 cm³/mol. The quantitative estimate of drug-likeness (QED) is 0.825. The van der Waals surface area contributed by atoms with Gasteiger partial charge < -0.3 is 9.64 Å². The van der Waals surface area contributed by atoms with Gasteiger partial charge in [-0.1, -0.05) is 29.3 Å². The topological polar surface area (TPSA) is 75.7 Å². The van der Waals surface area contributed by atoms with E-state index in [-0.39, 0.29) is 32.6 Å². The molecule has 1 aliphatic rings. The van der Waals surface area contributed by atoms with Crippen molar-refractivity contribution in [3.63, 3.8) is 0 Å². The number of anilines is 2. The molecule has 2 aromatic rings. The molecule has 3 rings (SSSR count). The average molecular weight is 415 g/mol. The van der Waals surface area contributed by atoms with Crippen molar-refractivity contribution in [2.24, 2.45) is 0 Å². The molecule has 9 heteroatoms. The van der Waals surface area contributed by atoms with E-state index in [9.17, 15) is 13.2 Å². The van der Waals surface area contributed by atoms with Gasteiger partial charge in [0.15, 0.2) is 0 Å². The first-order valence-corrected chi connectivity index (χ1v) is 9.98. The summed E-state index contributed by atoms with van der Waals surface area (Å²) in [5.41, 5.74) is 0.584. The number of nitrogens with one attached hydrogen (secondary N) is 1. The standard InChI is InChI=1S/C17H16Cl2N2O4S/c1-10-9-21(11(2)22)15-8-12(6-7-16(15)25-10)26(23,24)20-14-5-3-4-13(18)17(14)19/h3-8,10,20H,9H2,1-2H3. The van der Waals surface area contributed by atoms with Crippen molar-refractivity contribution in [1.29, 1.82) is 0 Å². The third-order valence-electron chi connectivity index (χ3n) is 3.88.